The second-order valence-electron chi connectivity index (χ2n) is 5.24. The van der Waals surface area contributed by atoms with Crippen LogP contribution in [-0.2, 0) is 0 Å². The zero-order chi connectivity index (χ0) is 13.1. The Labute approximate surface area is 108 Å². The Morgan fingerprint density at radius 1 is 1.44 bits per heavy atom. The smallest absolute Gasteiger partial charge is 0.131 e. The summed E-state index contributed by atoms with van der Waals surface area (Å²) in [5, 5.41) is 9.79. The lowest BCUT2D eigenvalue weighted by Crippen LogP contribution is -2.28. The topological polar surface area (TPSA) is 23.5 Å². The van der Waals surface area contributed by atoms with Crippen LogP contribution in [-0.4, -0.2) is 18.2 Å². The Kier molecular flexibility index (Phi) is 4.23. The van der Waals surface area contributed by atoms with Crippen molar-refractivity contribution in [1.82, 2.24) is 0 Å². The average Bonchev–Trinajstić information content (AvgIpc) is 3.11. The second kappa shape index (κ2) is 5.70. The lowest BCUT2D eigenvalue weighted by Gasteiger charge is -2.28. The van der Waals surface area contributed by atoms with Gasteiger partial charge in [-0.25, -0.2) is 4.39 Å². The summed E-state index contributed by atoms with van der Waals surface area (Å²) in [4.78, 5) is 2.22. The monoisotopic (exact) mass is 251 g/mol. The van der Waals surface area contributed by atoms with Crippen molar-refractivity contribution < 1.29 is 9.50 Å². The van der Waals surface area contributed by atoms with E-state index in [-0.39, 0.29) is 5.82 Å². The standard InChI is InChI=1S/C15H22FNO/c1-3-9-17(10-12-7-8-12)14-6-4-5-13(16)15(14)11(2)18/h4-6,11-12,18H,3,7-10H2,1-2H3/t11-/m0/s1. The Hall–Kier alpha value is -1.09. The summed E-state index contributed by atoms with van der Waals surface area (Å²) < 4.78 is 13.9. The highest BCUT2D eigenvalue weighted by Gasteiger charge is 2.26. The van der Waals surface area contributed by atoms with E-state index in [2.05, 4.69) is 11.8 Å². The normalized spacial score (nSPS) is 16.7. The maximum Gasteiger partial charge on any atom is 0.131 e. The van der Waals surface area contributed by atoms with Crippen LogP contribution in [0.15, 0.2) is 18.2 Å². The third kappa shape index (κ3) is 3.02. The minimum atomic E-state index is -0.764. The highest BCUT2D eigenvalue weighted by Crippen LogP contribution is 2.34. The first-order valence-electron chi connectivity index (χ1n) is 6.85. The molecular weight excluding hydrogens is 229 g/mol. The Morgan fingerprint density at radius 3 is 2.72 bits per heavy atom. The van der Waals surface area contributed by atoms with Gasteiger partial charge in [-0.1, -0.05) is 13.0 Å². The van der Waals surface area contributed by atoms with Gasteiger partial charge in [0.1, 0.15) is 5.82 Å². The summed E-state index contributed by atoms with van der Waals surface area (Å²) in [6.07, 6.45) is 2.82. The van der Waals surface area contributed by atoms with Gasteiger partial charge in [-0.15, -0.1) is 0 Å². The van der Waals surface area contributed by atoms with E-state index in [1.54, 1.807) is 13.0 Å². The summed E-state index contributed by atoms with van der Waals surface area (Å²) in [6, 6.07) is 5.07. The third-order valence-electron chi connectivity index (χ3n) is 3.46. The molecule has 0 spiro atoms. The van der Waals surface area contributed by atoms with Crippen LogP contribution in [0.2, 0.25) is 0 Å². The maximum atomic E-state index is 13.9. The van der Waals surface area contributed by atoms with Crippen molar-refractivity contribution >= 4 is 5.69 Å². The van der Waals surface area contributed by atoms with Gasteiger partial charge in [-0.2, -0.15) is 0 Å². The van der Waals surface area contributed by atoms with E-state index in [0.717, 1.165) is 31.1 Å². The molecule has 1 aliphatic carbocycles. The van der Waals surface area contributed by atoms with E-state index >= 15 is 0 Å². The van der Waals surface area contributed by atoms with Crippen LogP contribution in [0, 0.1) is 11.7 Å². The fraction of sp³-hybridized carbons (Fsp3) is 0.600. The number of benzene rings is 1. The minimum absolute atomic E-state index is 0.306. The molecule has 1 aliphatic rings. The zero-order valence-corrected chi connectivity index (χ0v) is 11.2. The van der Waals surface area contributed by atoms with Crippen molar-refractivity contribution in [3.63, 3.8) is 0 Å². The van der Waals surface area contributed by atoms with Crippen LogP contribution in [0.1, 0.15) is 44.8 Å². The molecule has 1 atom stereocenters. The largest absolute Gasteiger partial charge is 0.389 e. The van der Waals surface area contributed by atoms with Gasteiger partial charge >= 0.3 is 0 Å². The van der Waals surface area contributed by atoms with Gasteiger partial charge in [0.15, 0.2) is 0 Å². The SMILES string of the molecule is CCCN(CC1CC1)c1cccc(F)c1[C@H](C)O. The van der Waals surface area contributed by atoms with Crippen molar-refractivity contribution in [2.45, 2.75) is 39.2 Å². The molecule has 0 heterocycles. The van der Waals surface area contributed by atoms with Gasteiger partial charge in [-0.05, 0) is 44.2 Å². The van der Waals surface area contributed by atoms with Gasteiger partial charge in [-0.3, -0.25) is 0 Å². The van der Waals surface area contributed by atoms with Crippen molar-refractivity contribution in [2.75, 3.05) is 18.0 Å². The molecule has 18 heavy (non-hydrogen) atoms. The van der Waals surface area contributed by atoms with Crippen molar-refractivity contribution in [2.24, 2.45) is 5.92 Å². The van der Waals surface area contributed by atoms with Gasteiger partial charge in [0, 0.05) is 24.3 Å². The average molecular weight is 251 g/mol. The molecular formula is C15H22FNO. The van der Waals surface area contributed by atoms with Crippen molar-refractivity contribution in [3.05, 3.63) is 29.6 Å². The molecule has 1 aromatic rings. The molecule has 0 saturated heterocycles. The molecule has 3 heteroatoms. The predicted molar refractivity (Wildman–Crippen MR) is 72.3 cm³/mol. The molecule has 1 aromatic carbocycles. The molecule has 0 unspecified atom stereocenters. The molecule has 1 fully saturated rings. The maximum absolute atomic E-state index is 13.9. The number of aliphatic hydroxyl groups is 1. The molecule has 2 nitrogen and oxygen atoms in total. The lowest BCUT2D eigenvalue weighted by molar-refractivity contribution is 0.194. The van der Waals surface area contributed by atoms with Gasteiger partial charge in [0.25, 0.3) is 0 Å². The molecule has 2 rings (SSSR count). The number of aliphatic hydroxyl groups excluding tert-OH is 1. The number of nitrogens with zero attached hydrogens (tertiary/aromatic N) is 1. The van der Waals surface area contributed by atoms with Crippen LogP contribution in [0.25, 0.3) is 0 Å². The highest BCUT2D eigenvalue weighted by molar-refractivity contribution is 5.55. The number of halogens is 1. The van der Waals surface area contributed by atoms with Gasteiger partial charge < -0.3 is 10.0 Å². The third-order valence-corrected chi connectivity index (χ3v) is 3.46. The van der Waals surface area contributed by atoms with E-state index < -0.39 is 6.10 Å². The summed E-state index contributed by atoms with van der Waals surface area (Å²) in [5.41, 5.74) is 1.30. The Bertz CT molecular complexity index is 401. The summed E-state index contributed by atoms with van der Waals surface area (Å²) >= 11 is 0. The number of anilines is 1. The predicted octanol–water partition coefficient (Wildman–Crippen LogP) is 3.51. The number of rotatable bonds is 6. The number of hydrogen-bond donors (Lipinski definition) is 1. The highest BCUT2D eigenvalue weighted by atomic mass is 19.1. The fourth-order valence-electron chi connectivity index (χ4n) is 2.41. The molecule has 100 valence electrons. The van der Waals surface area contributed by atoms with E-state index in [0.29, 0.717) is 5.56 Å². The van der Waals surface area contributed by atoms with Crippen LogP contribution >= 0.6 is 0 Å². The summed E-state index contributed by atoms with van der Waals surface area (Å²) in [7, 11) is 0. The second-order valence-corrected chi connectivity index (χ2v) is 5.24. The van der Waals surface area contributed by atoms with Gasteiger partial charge in [0.05, 0.1) is 6.10 Å². The van der Waals surface area contributed by atoms with E-state index in [1.165, 1.54) is 18.9 Å². The number of hydrogen-bond acceptors (Lipinski definition) is 2. The molecule has 1 saturated carbocycles. The Morgan fingerprint density at radius 2 is 2.17 bits per heavy atom. The van der Waals surface area contributed by atoms with Crippen LogP contribution in [0.3, 0.4) is 0 Å². The first-order chi connectivity index (χ1) is 8.63. The van der Waals surface area contributed by atoms with Gasteiger partial charge in [0.2, 0.25) is 0 Å². The first kappa shape index (κ1) is 13.3. The Balaban J connectivity index is 2.29. The van der Waals surface area contributed by atoms with Crippen LogP contribution in [0.5, 0.6) is 0 Å². The fourth-order valence-corrected chi connectivity index (χ4v) is 2.41. The van der Waals surface area contributed by atoms with Crippen molar-refractivity contribution in [3.8, 4) is 0 Å². The summed E-state index contributed by atoms with van der Waals surface area (Å²) in [6.45, 7) is 5.65. The molecule has 0 amide bonds. The van der Waals surface area contributed by atoms with Crippen molar-refractivity contribution in [1.29, 1.82) is 0 Å². The molecule has 0 aromatic heterocycles. The molecule has 1 N–H and O–H groups in total. The lowest BCUT2D eigenvalue weighted by atomic mass is 10.1. The van der Waals surface area contributed by atoms with E-state index in [1.807, 2.05) is 6.07 Å². The molecule has 0 radical (unpaired) electrons. The molecule has 0 bridgehead atoms. The van der Waals surface area contributed by atoms with E-state index in [9.17, 15) is 9.50 Å². The van der Waals surface area contributed by atoms with Crippen LogP contribution < -0.4 is 4.90 Å². The minimum Gasteiger partial charge on any atom is -0.389 e. The quantitative estimate of drug-likeness (QED) is 0.836. The molecule has 0 aliphatic heterocycles. The van der Waals surface area contributed by atoms with Crippen LogP contribution in [0.4, 0.5) is 10.1 Å². The zero-order valence-electron chi connectivity index (χ0n) is 11.2. The van der Waals surface area contributed by atoms with E-state index in [4.69, 9.17) is 0 Å². The first-order valence-corrected chi connectivity index (χ1v) is 6.85. The summed E-state index contributed by atoms with van der Waals surface area (Å²) in [5.74, 6) is 0.445.